The van der Waals surface area contributed by atoms with Gasteiger partial charge in [-0.2, -0.15) is 0 Å². The fourth-order valence-electron chi connectivity index (χ4n) is 15.1. The van der Waals surface area contributed by atoms with Crippen molar-refractivity contribution in [2.24, 2.45) is 0 Å². The molecule has 1 aromatic heterocycles. The molecule has 1 nitrogen and oxygen atoms in total. The second kappa shape index (κ2) is 18.1. The van der Waals surface area contributed by atoms with E-state index >= 15 is 0 Å². The van der Waals surface area contributed by atoms with Gasteiger partial charge in [0.15, 0.2) is 0 Å². The molecule has 0 aliphatic heterocycles. The van der Waals surface area contributed by atoms with Crippen molar-refractivity contribution >= 4 is 438 Å². The highest BCUT2D eigenvalue weighted by Crippen LogP contribution is 2.42. The van der Waals surface area contributed by atoms with E-state index in [0.29, 0.717) is 0 Å². The Morgan fingerprint density at radius 3 is 0.680 bits per heavy atom. The molecule has 0 aliphatic carbocycles. The summed E-state index contributed by atoms with van der Waals surface area (Å²) in [5.41, 5.74) is 48.7. The van der Waals surface area contributed by atoms with Crippen LogP contribution in [0.15, 0.2) is 4.42 Å². The number of hydrogen-bond donors (Lipinski definition) is 0. The maximum atomic E-state index is 7.10. The van der Waals surface area contributed by atoms with Gasteiger partial charge in [0.2, 0.25) is 0 Å². The van der Waals surface area contributed by atoms with Gasteiger partial charge < -0.3 is 4.42 Å². The number of hydrogen-bond acceptors (Lipinski definition) is 1. The van der Waals surface area contributed by atoms with Crippen LogP contribution in [0.25, 0.3) is 98.4 Å². The van der Waals surface area contributed by atoms with Crippen molar-refractivity contribution in [1.82, 2.24) is 0 Å². The number of rotatable bonds is 3. The first-order valence-electron chi connectivity index (χ1n) is 27.9. The molecular formula is C46H56B28O. The van der Waals surface area contributed by atoms with Crippen molar-refractivity contribution in [2.75, 3.05) is 0 Å². The molecule has 10 aromatic rings. The van der Waals surface area contributed by atoms with E-state index in [9.17, 15) is 0 Å². The van der Waals surface area contributed by atoms with Gasteiger partial charge in [-0.3, -0.25) is 0 Å². The molecule has 0 radical (unpaired) electrons. The Morgan fingerprint density at radius 1 is 0.120 bits per heavy atom. The zero-order chi connectivity index (χ0) is 55.3. The number of furan rings is 1. The first-order chi connectivity index (χ1) is 35.0. The third-order valence-corrected chi connectivity index (χ3v) is 21.7. The molecule has 0 amide bonds. The van der Waals surface area contributed by atoms with Gasteiger partial charge in [0, 0.05) is 10.8 Å². The standard InChI is InChI=1S/C46H56B28O/c47-17-3(8-9(23(53)39(69)38(68)22(8)52)10-12(17)30(60)41(71)40(70)24(10)54)1-4-6(20(50)36(66)34(64)18(4)48)2(7-5(1)19(49)35(65)37(67)21(7)51)11-25(55)27(57)13(28(58)26(11)56)14-29(59)31(61)15-16-32(62)42(72)43(73)44(74)46(16)75-45(15)33(14)63/h47-74H2. The molecule has 0 fully saturated rings. The van der Waals surface area contributed by atoms with E-state index in [2.05, 4.69) is 220 Å². The van der Waals surface area contributed by atoms with Crippen LogP contribution in [0.3, 0.4) is 0 Å². The van der Waals surface area contributed by atoms with Gasteiger partial charge in [-0.1, -0.05) is 98.3 Å². The molecular weight excluding hydrogens is 871 g/mol. The maximum Gasteiger partial charge on any atom is 0.145 e. The lowest BCUT2D eigenvalue weighted by Crippen LogP contribution is -2.52. The van der Waals surface area contributed by atoms with Gasteiger partial charge in [-0.05, 0) is 81.9 Å². The minimum atomic E-state index is 1.03. The SMILES string of the molecule is Bc1c(B)c(-c2c3c(B)c(B)c(B)c(B)c3c(-c3c(B)c4c(B)c(B)c(B)c(B)c4c4c(B)c(B)c(B)c(B)c34)c3c(B)c(B)c(B)c(B)c23)c(B)c(B)c1-c1c(B)c(B)c2c(oc3c(B)c(B)c(B)c(B)c32)c1B. The molecule has 75 heavy (non-hydrogen) atoms. The highest BCUT2D eigenvalue weighted by molar-refractivity contribution is 6.78. The van der Waals surface area contributed by atoms with Crippen LogP contribution in [0.5, 0.6) is 0 Å². The molecule has 0 atom stereocenters. The Kier molecular flexibility index (Phi) is 13.0. The van der Waals surface area contributed by atoms with Crippen molar-refractivity contribution in [3.8, 4) is 33.4 Å². The molecule has 0 spiro atoms. The minimum absolute atomic E-state index is 1.03. The van der Waals surface area contributed by atoms with E-state index < -0.39 is 0 Å². The van der Waals surface area contributed by atoms with E-state index in [1.165, 1.54) is 240 Å². The Morgan fingerprint density at radius 2 is 0.320 bits per heavy atom. The van der Waals surface area contributed by atoms with Gasteiger partial charge in [0.25, 0.3) is 0 Å². The average molecular weight is 928 g/mol. The molecule has 0 N–H and O–H groups in total. The minimum Gasteiger partial charge on any atom is -0.457 e. The summed E-state index contributed by atoms with van der Waals surface area (Å²) < 4.78 is 7.10. The molecule has 0 saturated carbocycles. The predicted octanol–water partition coefficient (Wildman–Crippen LogP) is -35.6. The van der Waals surface area contributed by atoms with E-state index in [0.717, 1.165) is 11.2 Å². The smallest absolute Gasteiger partial charge is 0.145 e. The highest BCUT2D eigenvalue weighted by atomic mass is 16.3. The average Bonchev–Trinajstić information content (AvgIpc) is 3.85. The lowest BCUT2D eigenvalue weighted by Gasteiger charge is -2.33. The quantitative estimate of drug-likeness (QED) is 0.0978. The van der Waals surface area contributed by atoms with Gasteiger partial charge in [-0.15, -0.1) is 49.2 Å². The number of benzene rings is 9. The lowest BCUT2D eigenvalue weighted by molar-refractivity contribution is 0.675. The molecule has 29 heteroatoms. The molecule has 0 bridgehead atoms. The Bertz CT molecular complexity index is 4330. The fraction of sp³-hybridized carbons (Fsp3) is 0. The van der Waals surface area contributed by atoms with E-state index in [-0.39, 0.29) is 0 Å². The van der Waals surface area contributed by atoms with Crippen LogP contribution in [0, 0.1) is 0 Å². The predicted molar refractivity (Wildman–Crippen MR) is 429 cm³/mol. The normalized spacial score (nSPS) is 11.9. The van der Waals surface area contributed by atoms with Crippen LogP contribution in [0.4, 0.5) is 0 Å². The summed E-state index contributed by atoms with van der Waals surface area (Å²) in [5.74, 6) is 0. The fourth-order valence-corrected chi connectivity index (χ4v) is 15.1. The molecule has 10 rings (SSSR count). The summed E-state index contributed by atoms with van der Waals surface area (Å²) in [6, 6.07) is 0. The van der Waals surface area contributed by atoms with Crippen molar-refractivity contribution in [3.63, 3.8) is 0 Å². The summed E-state index contributed by atoms with van der Waals surface area (Å²) in [6.07, 6.45) is 0. The van der Waals surface area contributed by atoms with Gasteiger partial charge >= 0.3 is 0 Å². The Balaban J connectivity index is 1.46. The summed E-state index contributed by atoms with van der Waals surface area (Å²) in [5, 5.41) is 13.9. The van der Waals surface area contributed by atoms with Gasteiger partial charge in [0.05, 0.1) is 0 Å². The van der Waals surface area contributed by atoms with Crippen LogP contribution in [0.2, 0.25) is 0 Å². The van der Waals surface area contributed by atoms with Crippen LogP contribution in [-0.2, 0) is 0 Å². The summed E-state index contributed by atoms with van der Waals surface area (Å²) in [4.78, 5) is 0. The third-order valence-electron chi connectivity index (χ3n) is 21.7. The number of fused-ring (bicyclic) bond motifs is 8. The first kappa shape index (κ1) is 54.0. The van der Waals surface area contributed by atoms with Gasteiger partial charge in [0.1, 0.15) is 231 Å². The van der Waals surface area contributed by atoms with Gasteiger partial charge in [-0.25, -0.2) is 0 Å². The summed E-state index contributed by atoms with van der Waals surface area (Å²) >= 11 is 0. The van der Waals surface area contributed by atoms with Crippen molar-refractivity contribution in [1.29, 1.82) is 0 Å². The van der Waals surface area contributed by atoms with Crippen molar-refractivity contribution < 1.29 is 4.42 Å². The van der Waals surface area contributed by atoms with Crippen LogP contribution >= 0.6 is 0 Å². The summed E-state index contributed by atoms with van der Waals surface area (Å²) in [6.45, 7) is 0. The molecule has 9 aromatic carbocycles. The molecule has 0 aliphatic rings. The largest absolute Gasteiger partial charge is 0.457 e. The summed E-state index contributed by atoms with van der Waals surface area (Å²) in [7, 11) is 66.5. The highest BCUT2D eigenvalue weighted by Gasteiger charge is 2.32. The first-order valence-corrected chi connectivity index (χ1v) is 27.9. The maximum absolute atomic E-state index is 7.10. The molecule has 0 saturated heterocycles. The van der Waals surface area contributed by atoms with E-state index in [1.54, 1.807) is 0 Å². The Labute approximate surface area is 472 Å². The van der Waals surface area contributed by atoms with E-state index in [4.69, 9.17) is 4.42 Å². The van der Waals surface area contributed by atoms with Crippen LogP contribution in [0.1, 0.15) is 0 Å². The van der Waals surface area contributed by atoms with E-state index in [1.807, 2.05) is 0 Å². The zero-order valence-electron chi connectivity index (χ0n) is 51.4. The third kappa shape index (κ3) is 6.85. The van der Waals surface area contributed by atoms with Crippen molar-refractivity contribution in [2.45, 2.75) is 0 Å². The zero-order valence-corrected chi connectivity index (χ0v) is 51.4. The lowest BCUT2D eigenvalue weighted by atomic mass is 9.55. The van der Waals surface area contributed by atoms with Crippen LogP contribution in [-0.4, -0.2) is 220 Å². The molecule has 0 unspecified atom stereocenters. The Hall–Kier alpha value is -4.36. The van der Waals surface area contributed by atoms with Crippen molar-refractivity contribution in [3.05, 3.63) is 0 Å². The van der Waals surface area contributed by atoms with Crippen LogP contribution < -0.4 is 153 Å². The second-order valence-electron chi connectivity index (χ2n) is 24.3. The second-order valence-corrected chi connectivity index (χ2v) is 24.3. The molecule has 1 heterocycles. The topological polar surface area (TPSA) is 13.1 Å². The molecule has 330 valence electrons. The monoisotopic (exact) mass is 933 g/mol.